The van der Waals surface area contributed by atoms with Crippen molar-refractivity contribution in [3.05, 3.63) is 33.2 Å². The molecule has 0 radical (unpaired) electrons. The third kappa shape index (κ3) is 3.42. The quantitative estimate of drug-likeness (QED) is 0.760. The van der Waals surface area contributed by atoms with Gasteiger partial charge < -0.3 is 14.8 Å². The molecule has 0 aliphatic carbocycles. The van der Waals surface area contributed by atoms with Gasteiger partial charge in [-0.25, -0.2) is 0 Å². The number of carbonyl (C=O) groups excluding carboxylic acids is 1. The lowest BCUT2D eigenvalue weighted by Crippen LogP contribution is -2.55. The first kappa shape index (κ1) is 18.0. The van der Waals surface area contributed by atoms with Crippen molar-refractivity contribution in [1.82, 2.24) is 5.32 Å². The molecular formula is C17H15ClF3NO3S. The Hall–Kier alpha value is -1.38. The van der Waals surface area contributed by atoms with E-state index in [0.29, 0.717) is 29.4 Å². The molecule has 1 aromatic carbocycles. The number of thioether (sulfide) groups is 1. The minimum atomic E-state index is -4.82. The molecule has 3 aliphatic rings. The summed E-state index contributed by atoms with van der Waals surface area (Å²) in [6.07, 6.45) is -2.08. The molecule has 3 heterocycles. The van der Waals surface area contributed by atoms with Crippen molar-refractivity contribution in [3.63, 3.8) is 0 Å². The fourth-order valence-corrected chi connectivity index (χ4v) is 4.97. The Balaban J connectivity index is 1.63. The first-order valence-electron chi connectivity index (χ1n) is 8.13. The number of ether oxygens (including phenoxy) is 2. The molecule has 9 heteroatoms. The van der Waals surface area contributed by atoms with Crippen molar-refractivity contribution in [2.24, 2.45) is 0 Å². The molecule has 0 saturated carbocycles. The Morgan fingerprint density at radius 1 is 1.27 bits per heavy atom. The normalized spacial score (nSPS) is 21.9. The molecule has 0 bridgehead atoms. The lowest BCUT2D eigenvalue weighted by atomic mass is 9.79. The molecule has 1 amide bonds. The van der Waals surface area contributed by atoms with Gasteiger partial charge in [0.2, 0.25) is 0 Å². The average Bonchev–Trinajstić information content (AvgIpc) is 2.54. The third-order valence-electron chi connectivity index (χ3n) is 4.86. The lowest BCUT2D eigenvalue weighted by Gasteiger charge is -2.43. The summed E-state index contributed by atoms with van der Waals surface area (Å²) in [6.45, 7) is 1.22. The molecule has 3 aliphatic heterocycles. The van der Waals surface area contributed by atoms with E-state index in [1.165, 1.54) is 23.9 Å². The molecule has 1 N–H and O–H groups in total. The largest absolute Gasteiger partial charge is 0.573 e. The van der Waals surface area contributed by atoms with Gasteiger partial charge >= 0.3 is 6.36 Å². The molecule has 26 heavy (non-hydrogen) atoms. The zero-order valence-corrected chi connectivity index (χ0v) is 15.1. The third-order valence-corrected chi connectivity index (χ3v) is 6.44. The van der Waals surface area contributed by atoms with Crippen LogP contribution in [-0.4, -0.2) is 31.0 Å². The highest BCUT2D eigenvalue weighted by Gasteiger charge is 2.42. The van der Waals surface area contributed by atoms with Gasteiger partial charge in [0, 0.05) is 23.6 Å². The standard InChI is InChI=1S/C17H15ClF3NO3S/c18-11-6-9-5-10-8-16(1-3-24-4-2-16)22-15(23)14(10)26-13(9)7-12(11)25-17(19,20)21/h6-7H,1-5,8H2,(H,22,23). The molecule has 140 valence electrons. The number of alkyl halides is 3. The first-order valence-corrected chi connectivity index (χ1v) is 9.32. The molecule has 4 rings (SSSR count). The molecule has 0 aromatic heterocycles. The summed E-state index contributed by atoms with van der Waals surface area (Å²) in [4.78, 5) is 13.7. The van der Waals surface area contributed by atoms with E-state index in [1.807, 2.05) is 0 Å². The van der Waals surface area contributed by atoms with Crippen molar-refractivity contribution in [2.45, 2.75) is 42.5 Å². The van der Waals surface area contributed by atoms with Crippen molar-refractivity contribution < 1.29 is 27.4 Å². The lowest BCUT2D eigenvalue weighted by molar-refractivity contribution is -0.274. The molecule has 4 nitrogen and oxygen atoms in total. The molecule has 1 aromatic rings. The number of hydrogen-bond donors (Lipinski definition) is 1. The number of amides is 1. The molecule has 1 saturated heterocycles. The van der Waals surface area contributed by atoms with Gasteiger partial charge in [-0.1, -0.05) is 23.4 Å². The van der Waals surface area contributed by atoms with Crippen LogP contribution in [-0.2, 0) is 16.0 Å². The highest BCUT2D eigenvalue weighted by Crippen LogP contribution is 2.47. The second kappa shape index (κ2) is 6.35. The highest BCUT2D eigenvalue weighted by molar-refractivity contribution is 8.04. The predicted octanol–water partition coefficient (Wildman–Crippen LogP) is 4.21. The highest BCUT2D eigenvalue weighted by atomic mass is 35.5. The number of hydrogen-bond acceptors (Lipinski definition) is 4. The van der Waals surface area contributed by atoms with E-state index in [-0.39, 0.29) is 16.5 Å². The zero-order valence-electron chi connectivity index (χ0n) is 13.5. The second-order valence-corrected chi connectivity index (χ2v) is 8.13. The monoisotopic (exact) mass is 405 g/mol. The minimum Gasteiger partial charge on any atom is -0.404 e. The van der Waals surface area contributed by atoms with Crippen molar-refractivity contribution >= 4 is 29.3 Å². The Morgan fingerprint density at radius 3 is 2.69 bits per heavy atom. The summed E-state index contributed by atoms with van der Waals surface area (Å²) in [7, 11) is 0. The van der Waals surface area contributed by atoms with Crippen LogP contribution in [0, 0.1) is 0 Å². The van der Waals surface area contributed by atoms with Gasteiger partial charge in [0.15, 0.2) is 0 Å². The Morgan fingerprint density at radius 2 is 2.00 bits per heavy atom. The number of fused-ring (bicyclic) bond motifs is 1. The Labute approximate surface area is 157 Å². The number of benzene rings is 1. The summed E-state index contributed by atoms with van der Waals surface area (Å²) in [6, 6.07) is 2.75. The molecule has 0 unspecified atom stereocenters. The summed E-state index contributed by atoms with van der Waals surface area (Å²) < 4.78 is 46.9. The van der Waals surface area contributed by atoms with Crippen LogP contribution in [0.15, 0.2) is 27.5 Å². The van der Waals surface area contributed by atoms with E-state index in [0.717, 1.165) is 30.4 Å². The van der Waals surface area contributed by atoms with E-state index in [4.69, 9.17) is 16.3 Å². The molecule has 1 fully saturated rings. The minimum absolute atomic E-state index is 0.0910. The fourth-order valence-electron chi connectivity index (χ4n) is 3.67. The summed E-state index contributed by atoms with van der Waals surface area (Å²) in [5.74, 6) is -0.622. The molecule has 1 spiro atoms. The van der Waals surface area contributed by atoms with Crippen LogP contribution < -0.4 is 10.1 Å². The number of halogens is 4. The van der Waals surface area contributed by atoms with Crippen molar-refractivity contribution in [3.8, 4) is 5.75 Å². The molecule has 0 atom stereocenters. The first-order chi connectivity index (χ1) is 12.2. The van der Waals surface area contributed by atoms with Crippen molar-refractivity contribution in [2.75, 3.05) is 13.2 Å². The number of carbonyl (C=O) groups is 1. The average molecular weight is 406 g/mol. The van der Waals surface area contributed by atoms with Gasteiger partial charge in [-0.05, 0) is 49.0 Å². The maximum absolute atomic E-state index is 12.6. The van der Waals surface area contributed by atoms with E-state index in [2.05, 4.69) is 10.1 Å². The van der Waals surface area contributed by atoms with Crippen molar-refractivity contribution in [1.29, 1.82) is 0 Å². The smallest absolute Gasteiger partial charge is 0.404 e. The van der Waals surface area contributed by atoms with Gasteiger partial charge in [-0.15, -0.1) is 13.2 Å². The van der Waals surface area contributed by atoms with Crippen LogP contribution in [0.5, 0.6) is 5.75 Å². The van der Waals surface area contributed by atoms with Crippen LogP contribution in [0.25, 0.3) is 0 Å². The predicted molar refractivity (Wildman–Crippen MR) is 90.3 cm³/mol. The van der Waals surface area contributed by atoms with Gasteiger partial charge in [-0.3, -0.25) is 4.79 Å². The maximum Gasteiger partial charge on any atom is 0.573 e. The van der Waals surface area contributed by atoms with Gasteiger partial charge in [-0.2, -0.15) is 0 Å². The van der Waals surface area contributed by atoms with Crippen LogP contribution in [0.2, 0.25) is 5.02 Å². The van der Waals surface area contributed by atoms with Crippen LogP contribution in [0.4, 0.5) is 13.2 Å². The number of rotatable bonds is 1. The summed E-state index contributed by atoms with van der Waals surface area (Å²) >= 11 is 7.14. The zero-order chi connectivity index (χ0) is 18.5. The summed E-state index contributed by atoms with van der Waals surface area (Å²) in [5, 5.41) is 3.00. The van der Waals surface area contributed by atoms with E-state index < -0.39 is 12.1 Å². The van der Waals surface area contributed by atoms with E-state index in [9.17, 15) is 18.0 Å². The van der Waals surface area contributed by atoms with Gasteiger partial charge in [0.25, 0.3) is 5.91 Å². The number of nitrogens with one attached hydrogen (secondary N) is 1. The Bertz CT molecular complexity index is 803. The SMILES string of the molecule is O=C1NC2(CCOCC2)CC2=C1Sc1cc(OC(F)(F)F)c(Cl)cc1C2. The topological polar surface area (TPSA) is 47.6 Å². The van der Waals surface area contributed by atoms with Gasteiger partial charge in [0.05, 0.1) is 9.93 Å². The summed E-state index contributed by atoms with van der Waals surface area (Å²) in [5.41, 5.74) is 1.54. The fraction of sp³-hybridized carbons (Fsp3) is 0.471. The molecular weight excluding hydrogens is 391 g/mol. The second-order valence-electron chi connectivity index (χ2n) is 6.67. The maximum atomic E-state index is 12.6. The van der Waals surface area contributed by atoms with Gasteiger partial charge in [0.1, 0.15) is 5.75 Å². The van der Waals surface area contributed by atoms with E-state index in [1.54, 1.807) is 0 Å². The Kier molecular flexibility index (Phi) is 4.40. The van der Waals surface area contributed by atoms with Crippen LogP contribution in [0.1, 0.15) is 24.8 Å². The van der Waals surface area contributed by atoms with Crippen LogP contribution >= 0.6 is 23.4 Å². The van der Waals surface area contributed by atoms with E-state index >= 15 is 0 Å². The van der Waals surface area contributed by atoms with Crippen LogP contribution in [0.3, 0.4) is 0 Å².